The van der Waals surface area contributed by atoms with Crippen LogP contribution in [0.25, 0.3) is 33.6 Å². The summed E-state index contributed by atoms with van der Waals surface area (Å²) in [6.45, 7) is 0. The normalized spacial score (nSPS) is 13.7. The molecular formula is C35H22N2O. The van der Waals surface area contributed by atoms with Gasteiger partial charge >= 0.3 is 0 Å². The summed E-state index contributed by atoms with van der Waals surface area (Å²) >= 11 is 0. The van der Waals surface area contributed by atoms with Gasteiger partial charge in [-0.05, 0) is 46.5 Å². The lowest BCUT2D eigenvalue weighted by Gasteiger charge is -2.39. The maximum Gasteiger partial charge on any atom is 0.132 e. The second kappa shape index (κ2) is 7.99. The van der Waals surface area contributed by atoms with Gasteiger partial charge in [0, 0.05) is 22.3 Å². The third-order valence-electron chi connectivity index (χ3n) is 7.88. The third kappa shape index (κ3) is 2.84. The molecule has 1 aliphatic carbocycles. The minimum absolute atomic E-state index is 0.446. The molecule has 0 saturated heterocycles. The zero-order valence-corrected chi connectivity index (χ0v) is 20.5. The van der Waals surface area contributed by atoms with Crippen molar-refractivity contribution in [1.29, 1.82) is 0 Å². The molecule has 0 unspecified atom stereocenters. The number of ether oxygens (including phenoxy) is 1. The summed E-state index contributed by atoms with van der Waals surface area (Å²) in [5.41, 5.74) is 10.7. The van der Waals surface area contributed by atoms with Crippen molar-refractivity contribution in [2.24, 2.45) is 0 Å². The van der Waals surface area contributed by atoms with Crippen molar-refractivity contribution in [2.75, 3.05) is 0 Å². The van der Waals surface area contributed by atoms with Crippen molar-refractivity contribution in [1.82, 2.24) is 10.2 Å². The second-order valence-electron chi connectivity index (χ2n) is 9.82. The van der Waals surface area contributed by atoms with Crippen LogP contribution in [0.2, 0.25) is 0 Å². The Morgan fingerprint density at radius 2 is 0.974 bits per heavy atom. The van der Waals surface area contributed by atoms with Crippen LogP contribution in [0.15, 0.2) is 133 Å². The van der Waals surface area contributed by atoms with Gasteiger partial charge in [0.1, 0.15) is 11.5 Å². The molecule has 0 saturated carbocycles. The van der Waals surface area contributed by atoms with Crippen LogP contribution >= 0.6 is 0 Å². The van der Waals surface area contributed by atoms with E-state index in [9.17, 15) is 0 Å². The van der Waals surface area contributed by atoms with Crippen LogP contribution in [0.1, 0.15) is 22.3 Å². The van der Waals surface area contributed by atoms with E-state index in [0.717, 1.165) is 39.6 Å². The van der Waals surface area contributed by atoms with E-state index in [1.54, 1.807) is 0 Å². The van der Waals surface area contributed by atoms with E-state index >= 15 is 0 Å². The van der Waals surface area contributed by atoms with Gasteiger partial charge in [-0.25, -0.2) is 0 Å². The average Bonchev–Trinajstić information content (AvgIpc) is 3.29. The summed E-state index contributed by atoms with van der Waals surface area (Å²) in [6, 6.07) is 46.6. The highest BCUT2D eigenvalue weighted by molar-refractivity contribution is 5.88. The lowest BCUT2D eigenvalue weighted by atomic mass is 9.66. The first-order chi connectivity index (χ1) is 18.8. The average molecular weight is 487 g/mol. The SMILES string of the molecule is c1ccc(-c2ccc(-c3ccc4c(c3)Oc3ccccc3C43c4ccccc4-c4ccccc43)nn2)cc1. The highest BCUT2D eigenvalue weighted by Gasteiger charge is 2.50. The minimum Gasteiger partial charge on any atom is -0.457 e. The van der Waals surface area contributed by atoms with E-state index in [4.69, 9.17) is 4.74 Å². The van der Waals surface area contributed by atoms with Gasteiger partial charge in [0.25, 0.3) is 0 Å². The molecule has 0 fully saturated rings. The monoisotopic (exact) mass is 486 g/mol. The smallest absolute Gasteiger partial charge is 0.132 e. The number of hydrogen-bond acceptors (Lipinski definition) is 3. The molecule has 1 aliphatic heterocycles. The van der Waals surface area contributed by atoms with Gasteiger partial charge in [-0.15, -0.1) is 10.2 Å². The van der Waals surface area contributed by atoms with Crippen molar-refractivity contribution < 1.29 is 4.74 Å². The first kappa shape index (κ1) is 21.1. The number of nitrogens with zero attached hydrogens (tertiary/aromatic N) is 2. The van der Waals surface area contributed by atoms with Gasteiger partial charge in [-0.3, -0.25) is 0 Å². The highest BCUT2D eigenvalue weighted by atomic mass is 16.5. The molecule has 6 aromatic rings. The molecule has 0 amide bonds. The molecule has 3 heteroatoms. The van der Waals surface area contributed by atoms with Crippen LogP contribution in [0, 0.1) is 0 Å². The minimum atomic E-state index is -0.446. The zero-order valence-electron chi connectivity index (χ0n) is 20.5. The van der Waals surface area contributed by atoms with Crippen LogP contribution in [0.5, 0.6) is 11.5 Å². The van der Waals surface area contributed by atoms with Crippen LogP contribution in [0.3, 0.4) is 0 Å². The fourth-order valence-corrected chi connectivity index (χ4v) is 6.27. The molecular weight excluding hydrogens is 464 g/mol. The van der Waals surface area contributed by atoms with Crippen molar-refractivity contribution in [3.8, 4) is 45.1 Å². The Morgan fingerprint density at radius 3 is 1.66 bits per heavy atom. The number of benzene rings is 5. The summed E-state index contributed by atoms with van der Waals surface area (Å²) < 4.78 is 6.60. The molecule has 1 spiro atoms. The molecule has 0 bridgehead atoms. The van der Waals surface area contributed by atoms with Crippen LogP contribution < -0.4 is 4.74 Å². The van der Waals surface area contributed by atoms with E-state index in [1.807, 2.05) is 48.5 Å². The van der Waals surface area contributed by atoms with Gasteiger partial charge in [0.2, 0.25) is 0 Å². The Morgan fingerprint density at radius 1 is 0.421 bits per heavy atom. The molecule has 1 aromatic heterocycles. The fraction of sp³-hybridized carbons (Fsp3) is 0.0286. The Bertz CT molecular complexity index is 1800. The van der Waals surface area contributed by atoms with Gasteiger partial charge < -0.3 is 4.74 Å². The van der Waals surface area contributed by atoms with Crippen LogP contribution in [-0.2, 0) is 5.41 Å². The third-order valence-corrected chi connectivity index (χ3v) is 7.88. The van der Waals surface area contributed by atoms with Crippen molar-refractivity contribution in [2.45, 2.75) is 5.41 Å². The van der Waals surface area contributed by atoms with Gasteiger partial charge in [-0.2, -0.15) is 0 Å². The maximum atomic E-state index is 6.60. The Labute approximate surface area is 221 Å². The number of para-hydroxylation sites is 1. The number of fused-ring (bicyclic) bond motifs is 9. The molecule has 0 radical (unpaired) electrons. The molecule has 3 nitrogen and oxygen atoms in total. The molecule has 5 aromatic carbocycles. The predicted octanol–water partition coefficient (Wildman–Crippen LogP) is 8.28. The fourth-order valence-electron chi connectivity index (χ4n) is 6.27. The van der Waals surface area contributed by atoms with Gasteiger partial charge in [0.05, 0.1) is 16.8 Å². The molecule has 2 aliphatic rings. The first-order valence-corrected chi connectivity index (χ1v) is 12.8. The van der Waals surface area contributed by atoms with Crippen LogP contribution in [0.4, 0.5) is 0 Å². The topological polar surface area (TPSA) is 35.0 Å². The summed E-state index contributed by atoms with van der Waals surface area (Å²) in [5, 5.41) is 9.09. The van der Waals surface area contributed by atoms with Crippen molar-refractivity contribution in [3.05, 3.63) is 156 Å². The summed E-state index contributed by atoms with van der Waals surface area (Å²) in [6.07, 6.45) is 0. The summed E-state index contributed by atoms with van der Waals surface area (Å²) in [7, 11) is 0. The Kier molecular flexibility index (Phi) is 4.44. The number of aromatic nitrogens is 2. The van der Waals surface area contributed by atoms with E-state index in [0.29, 0.717) is 0 Å². The first-order valence-electron chi connectivity index (χ1n) is 12.8. The van der Waals surface area contributed by atoms with Crippen molar-refractivity contribution in [3.63, 3.8) is 0 Å². The maximum absolute atomic E-state index is 6.60. The molecule has 0 N–H and O–H groups in total. The van der Waals surface area contributed by atoms with Gasteiger partial charge in [-0.1, -0.05) is 109 Å². The number of rotatable bonds is 2. The molecule has 8 rings (SSSR count). The lowest BCUT2D eigenvalue weighted by Crippen LogP contribution is -2.32. The predicted molar refractivity (Wildman–Crippen MR) is 150 cm³/mol. The van der Waals surface area contributed by atoms with Crippen molar-refractivity contribution >= 4 is 0 Å². The molecule has 2 heterocycles. The lowest BCUT2D eigenvalue weighted by molar-refractivity contribution is 0.436. The molecule has 38 heavy (non-hydrogen) atoms. The standard InChI is InChI=1S/C35H22N2O/c1-2-10-23(11-3-1)31-20-21-32(37-36-31)24-18-19-30-34(22-24)38-33-17-9-8-16-29(33)35(30)27-14-6-4-12-25(27)26-13-5-7-15-28(26)35/h1-22H. The molecule has 178 valence electrons. The molecule has 0 atom stereocenters. The van der Waals surface area contributed by atoms with E-state index in [2.05, 4.69) is 95.1 Å². The highest BCUT2D eigenvalue weighted by Crippen LogP contribution is 2.62. The van der Waals surface area contributed by atoms with E-state index in [-0.39, 0.29) is 0 Å². The van der Waals surface area contributed by atoms with Gasteiger partial charge in [0.15, 0.2) is 0 Å². The van der Waals surface area contributed by atoms with E-state index < -0.39 is 5.41 Å². The zero-order chi connectivity index (χ0) is 25.1. The van der Waals surface area contributed by atoms with Crippen LogP contribution in [-0.4, -0.2) is 10.2 Å². The second-order valence-corrected chi connectivity index (χ2v) is 9.82. The number of hydrogen-bond donors (Lipinski definition) is 0. The summed E-state index contributed by atoms with van der Waals surface area (Å²) in [5.74, 6) is 1.73. The Balaban J connectivity index is 1.33. The quantitative estimate of drug-likeness (QED) is 0.247. The summed E-state index contributed by atoms with van der Waals surface area (Å²) in [4.78, 5) is 0. The largest absolute Gasteiger partial charge is 0.457 e. The van der Waals surface area contributed by atoms with E-state index in [1.165, 1.54) is 27.8 Å². The Hall–Kier alpha value is -5.02.